The molecule has 0 N–H and O–H groups in total. The summed E-state index contributed by atoms with van der Waals surface area (Å²) in [5.41, 5.74) is 0. The Labute approximate surface area is 129 Å². The van der Waals surface area contributed by atoms with Crippen molar-refractivity contribution in [1.82, 2.24) is 34.5 Å². The summed E-state index contributed by atoms with van der Waals surface area (Å²) < 4.78 is 2.89. The average Bonchev–Trinajstić information content (AvgIpc) is 3.09. The van der Waals surface area contributed by atoms with Crippen LogP contribution in [0.2, 0.25) is 10.0 Å². The molecule has 0 radical (unpaired) electrons. The molecule has 0 spiro atoms. The molecule has 106 valence electrons. The van der Waals surface area contributed by atoms with Gasteiger partial charge in [-0.2, -0.15) is 30.4 Å². The second-order valence-electron chi connectivity index (χ2n) is 3.52. The van der Waals surface area contributed by atoms with Crippen molar-refractivity contribution in [2.24, 2.45) is 0 Å². The highest BCUT2D eigenvalue weighted by Crippen LogP contribution is 2.10. The van der Waals surface area contributed by atoms with E-state index in [1.807, 2.05) is 0 Å². The van der Waals surface area contributed by atoms with Crippen LogP contribution in [0.1, 0.15) is 6.92 Å². The number of hydrogen-bond acceptors (Lipinski definition) is 6. The van der Waals surface area contributed by atoms with Crippen molar-refractivity contribution in [3.05, 3.63) is 41.2 Å². The molecule has 0 aliphatic heterocycles. The second kappa shape index (κ2) is 6.78. The molecule has 10 heteroatoms. The summed E-state index contributed by atoms with van der Waals surface area (Å²) in [6, 6.07) is 1.75. The van der Waals surface area contributed by atoms with Crippen molar-refractivity contribution in [3.8, 4) is 18.0 Å². The van der Waals surface area contributed by atoms with Crippen molar-refractivity contribution in [3.63, 3.8) is 0 Å². The lowest BCUT2D eigenvalue weighted by Crippen LogP contribution is -2.08. The van der Waals surface area contributed by atoms with E-state index < -0.39 is 0 Å². The Morgan fingerprint density at radius 2 is 1.43 bits per heavy atom. The van der Waals surface area contributed by atoms with E-state index in [4.69, 9.17) is 28.5 Å². The van der Waals surface area contributed by atoms with E-state index in [1.54, 1.807) is 18.5 Å². The topological polar surface area (TPSA) is 98.1 Å². The molecule has 8 nitrogen and oxygen atoms in total. The zero-order chi connectivity index (χ0) is 15.2. The molecule has 0 saturated heterocycles. The second-order valence-corrected chi connectivity index (χ2v) is 4.39. The maximum atomic E-state index is 7.32. The number of aromatic nitrogens is 7. The van der Waals surface area contributed by atoms with Gasteiger partial charge in [-0.3, -0.25) is 0 Å². The highest BCUT2D eigenvalue weighted by atomic mass is 35.5. The van der Waals surface area contributed by atoms with Crippen LogP contribution in [0.3, 0.4) is 0 Å². The number of halogens is 2. The lowest BCUT2D eigenvalue weighted by Gasteiger charge is -2.01. The molecule has 3 rings (SSSR count). The fourth-order valence-electron chi connectivity index (χ4n) is 1.32. The molecule has 0 atom stereocenters. The number of hydrogen-bond donors (Lipinski definition) is 0. The fraction of sp³-hybridized carbons (Fsp3) is 0.0909. The Morgan fingerprint density at radius 1 is 1.00 bits per heavy atom. The molecule has 0 fully saturated rings. The lowest BCUT2D eigenvalue weighted by atomic mass is 10.7. The minimum Gasteiger partial charge on any atom is -0.204 e. The molecule has 0 bridgehead atoms. The van der Waals surface area contributed by atoms with Crippen molar-refractivity contribution in [1.29, 1.82) is 5.26 Å². The van der Waals surface area contributed by atoms with E-state index in [9.17, 15) is 0 Å². The van der Waals surface area contributed by atoms with E-state index in [2.05, 4.69) is 25.1 Å². The van der Waals surface area contributed by atoms with E-state index in [-0.39, 0.29) is 0 Å². The summed E-state index contributed by atoms with van der Waals surface area (Å²) in [4.78, 5) is 12.2. The van der Waals surface area contributed by atoms with Crippen LogP contribution in [-0.2, 0) is 0 Å². The molecule has 0 aliphatic rings. The van der Waals surface area contributed by atoms with Crippen LogP contribution >= 0.6 is 23.2 Å². The summed E-state index contributed by atoms with van der Waals surface area (Å²) in [6.45, 7) is 1.43. The van der Waals surface area contributed by atoms with Crippen molar-refractivity contribution in [2.45, 2.75) is 6.92 Å². The first-order valence-electron chi connectivity index (χ1n) is 5.55. The molecule has 3 aromatic rings. The van der Waals surface area contributed by atoms with Gasteiger partial charge >= 0.3 is 0 Å². The third-order valence-electron chi connectivity index (χ3n) is 2.06. The summed E-state index contributed by atoms with van der Waals surface area (Å²) in [6.07, 6.45) is 7.54. The predicted octanol–water partition coefficient (Wildman–Crippen LogP) is 2.08. The van der Waals surface area contributed by atoms with Crippen molar-refractivity contribution >= 4 is 23.2 Å². The van der Waals surface area contributed by atoms with Gasteiger partial charge in [0.25, 0.3) is 11.9 Å². The van der Waals surface area contributed by atoms with Crippen LogP contribution in [0, 0.1) is 11.3 Å². The van der Waals surface area contributed by atoms with Gasteiger partial charge in [-0.15, -0.1) is 0 Å². The van der Waals surface area contributed by atoms with Crippen LogP contribution in [-0.4, -0.2) is 34.5 Å². The van der Waals surface area contributed by atoms with E-state index in [1.165, 1.54) is 35.0 Å². The Hall–Kier alpha value is -2.50. The largest absolute Gasteiger partial charge is 0.255 e. The van der Waals surface area contributed by atoms with Crippen LogP contribution in [0.4, 0.5) is 0 Å². The first-order chi connectivity index (χ1) is 10.1. The Balaban J connectivity index is 0.000000497. The fourth-order valence-corrected chi connectivity index (χ4v) is 1.59. The third-order valence-corrected chi connectivity index (χ3v) is 2.45. The van der Waals surface area contributed by atoms with E-state index in [0.717, 1.165) is 0 Å². The summed E-state index contributed by atoms with van der Waals surface area (Å²) >= 11 is 11.6. The Morgan fingerprint density at radius 3 is 1.76 bits per heavy atom. The summed E-state index contributed by atoms with van der Waals surface area (Å²) in [5, 5.41) is 16.3. The number of nitrogens with zero attached hydrogens (tertiary/aromatic N) is 8. The molecule has 0 saturated carbocycles. The van der Waals surface area contributed by atoms with E-state index in [0.29, 0.717) is 21.9 Å². The van der Waals surface area contributed by atoms with Gasteiger partial charge in [0.2, 0.25) is 0 Å². The smallest absolute Gasteiger partial charge is 0.204 e. The SMILES string of the molecule is CC#N.Clc1cnn(-c2ncnc(-n3cc(Cl)cn3)n2)c1. The van der Waals surface area contributed by atoms with Gasteiger partial charge in [-0.1, -0.05) is 23.2 Å². The maximum Gasteiger partial charge on any atom is 0.255 e. The van der Waals surface area contributed by atoms with Gasteiger partial charge in [0, 0.05) is 6.92 Å². The monoisotopic (exact) mass is 322 g/mol. The summed E-state index contributed by atoms with van der Waals surface area (Å²) in [5.74, 6) is 0.692. The predicted molar refractivity (Wildman–Crippen MR) is 75.4 cm³/mol. The zero-order valence-corrected chi connectivity index (χ0v) is 12.2. The van der Waals surface area contributed by atoms with Gasteiger partial charge in [0.05, 0.1) is 40.9 Å². The van der Waals surface area contributed by atoms with Crippen molar-refractivity contribution in [2.75, 3.05) is 0 Å². The van der Waals surface area contributed by atoms with Crippen molar-refractivity contribution < 1.29 is 0 Å². The summed E-state index contributed by atoms with van der Waals surface area (Å²) in [7, 11) is 0. The molecule has 0 aliphatic carbocycles. The third kappa shape index (κ3) is 3.75. The molecule has 21 heavy (non-hydrogen) atoms. The van der Waals surface area contributed by atoms with Gasteiger partial charge < -0.3 is 0 Å². The maximum absolute atomic E-state index is 7.32. The molecular weight excluding hydrogens is 315 g/mol. The van der Waals surface area contributed by atoms with Gasteiger partial charge in [-0.05, 0) is 0 Å². The quantitative estimate of drug-likeness (QED) is 0.716. The normalized spacial score (nSPS) is 9.62. The Kier molecular flexibility index (Phi) is 4.81. The molecular formula is C11H8Cl2N8. The van der Waals surface area contributed by atoms with Crippen LogP contribution in [0.15, 0.2) is 31.1 Å². The molecule has 0 unspecified atom stereocenters. The molecule has 3 aromatic heterocycles. The minimum absolute atomic E-state index is 0.346. The van der Waals surface area contributed by atoms with Crippen LogP contribution < -0.4 is 0 Å². The minimum atomic E-state index is 0.346. The zero-order valence-electron chi connectivity index (χ0n) is 10.7. The number of rotatable bonds is 2. The van der Waals surface area contributed by atoms with Crippen LogP contribution in [0.25, 0.3) is 11.9 Å². The first kappa shape index (κ1) is 14.9. The molecule has 0 amide bonds. The highest BCUT2D eigenvalue weighted by molar-refractivity contribution is 6.30. The molecule has 0 aromatic carbocycles. The van der Waals surface area contributed by atoms with Gasteiger partial charge in [0.15, 0.2) is 0 Å². The molecule has 3 heterocycles. The highest BCUT2D eigenvalue weighted by Gasteiger charge is 2.07. The van der Waals surface area contributed by atoms with Gasteiger partial charge in [0.1, 0.15) is 6.33 Å². The van der Waals surface area contributed by atoms with Gasteiger partial charge in [-0.25, -0.2) is 9.36 Å². The lowest BCUT2D eigenvalue weighted by molar-refractivity contribution is 0.743. The Bertz CT molecular complexity index is 717. The first-order valence-corrected chi connectivity index (χ1v) is 6.30. The average molecular weight is 323 g/mol. The number of nitriles is 1. The van der Waals surface area contributed by atoms with E-state index >= 15 is 0 Å². The van der Waals surface area contributed by atoms with Crippen LogP contribution in [0.5, 0.6) is 0 Å². The standard InChI is InChI=1S/C9H5Cl2N7.C2H3N/c10-6-1-14-17(3-6)8-12-5-13-9(16-8)18-4-7(11)2-15-18;1-2-3/h1-5H;1H3.